The first-order chi connectivity index (χ1) is 13.0. The number of nitrogens with one attached hydrogen (secondary N) is 1. The topological polar surface area (TPSA) is 82.4 Å². The number of halogens is 1. The summed E-state index contributed by atoms with van der Waals surface area (Å²) in [4.78, 5) is 26.5. The average molecular weight is 384 g/mol. The zero-order valence-electron chi connectivity index (χ0n) is 14.7. The number of benzene rings is 2. The summed E-state index contributed by atoms with van der Waals surface area (Å²) in [6.07, 6.45) is 0.499. The van der Waals surface area contributed by atoms with E-state index in [1.807, 2.05) is 30.3 Å². The Morgan fingerprint density at radius 2 is 2.04 bits per heavy atom. The molecule has 2 aromatic carbocycles. The SMILES string of the molecule is COC(=O)[C@@H]1Cc2ccccc2CN1CC(=O)Nc1ccc(C#N)c(Cl)c1. The normalized spacial score (nSPS) is 16.1. The molecular weight excluding hydrogens is 366 g/mol. The second-order valence-corrected chi connectivity index (χ2v) is 6.68. The van der Waals surface area contributed by atoms with Gasteiger partial charge in [-0.05, 0) is 35.7 Å². The van der Waals surface area contributed by atoms with E-state index in [0.717, 1.165) is 11.1 Å². The lowest BCUT2D eigenvalue weighted by atomic mass is 9.94. The zero-order valence-corrected chi connectivity index (χ0v) is 15.5. The van der Waals surface area contributed by atoms with Gasteiger partial charge in [0.2, 0.25) is 5.91 Å². The van der Waals surface area contributed by atoms with Gasteiger partial charge >= 0.3 is 5.97 Å². The van der Waals surface area contributed by atoms with Crippen molar-refractivity contribution in [1.29, 1.82) is 5.26 Å². The van der Waals surface area contributed by atoms with Crippen LogP contribution in [0.5, 0.6) is 0 Å². The summed E-state index contributed by atoms with van der Waals surface area (Å²) in [6, 6.07) is 14.0. The molecule has 1 amide bonds. The van der Waals surface area contributed by atoms with E-state index in [1.165, 1.54) is 13.2 Å². The molecule has 1 atom stereocenters. The van der Waals surface area contributed by atoms with E-state index in [4.69, 9.17) is 21.6 Å². The monoisotopic (exact) mass is 383 g/mol. The van der Waals surface area contributed by atoms with Gasteiger partial charge in [0.1, 0.15) is 12.1 Å². The van der Waals surface area contributed by atoms with Crippen molar-refractivity contribution in [2.45, 2.75) is 19.0 Å². The highest BCUT2D eigenvalue weighted by Crippen LogP contribution is 2.24. The molecular formula is C20H18ClN3O3. The number of nitrogens with zero attached hydrogens (tertiary/aromatic N) is 2. The number of ether oxygens (including phenoxy) is 1. The molecule has 1 heterocycles. The van der Waals surface area contributed by atoms with Crippen molar-refractivity contribution < 1.29 is 14.3 Å². The smallest absolute Gasteiger partial charge is 0.323 e. The molecule has 3 rings (SSSR count). The Hall–Kier alpha value is -2.88. The van der Waals surface area contributed by atoms with Gasteiger partial charge in [0.05, 0.1) is 24.2 Å². The molecule has 0 saturated heterocycles. The van der Waals surface area contributed by atoms with Crippen LogP contribution in [0.25, 0.3) is 0 Å². The third-order valence-electron chi connectivity index (χ3n) is 4.54. The molecule has 6 nitrogen and oxygen atoms in total. The number of fused-ring (bicyclic) bond motifs is 1. The molecule has 0 saturated carbocycles. The summed E-state index contributed by atoms with van der Waals surface area (Å²) in [5.41, 5.74) is 3.01. The molecule has 0 unspecified atom stereocenters. The molecule has 1 aliphatic rings. The fraction of sp³-hybridized carbons (Fsp3) is 0.250. The number of amides is 1. The zero-order chi connectivity index (χ0) is 19.4. The van der Waals surface area contributed by atoms with E-state index in [9.17, 15) is 9.59 Å². The number of hydrogen-bond donors (Lipinski definition) is 1. The number of carbonyl (C=O) groups is 2. The lowest BCUT2D eigenvalue weighted by Gasteiger charge is -2.34. The molecule has 138 valence electrons. The second-order valence-electron chi connectivity index (χ2n) is 6.27. The molecule has 1 N–H and O–H groups in total. The number of anilines is 1. The third-order valence-corrected chi connectivity index (χ3v) is 4.85. The van der Waals surface area contributed by atoms with Crippen LogP contribution in [-0.4, -0.2) is 36.5 Å². The van der Waals surface area contributed by atoms with Gasteiger partial charge in [0, 0.05) is 12.2 Å². The summed E-state index contributed by atoms with van der Waals surface area (Å²) in [5.74, 6) is -0.636. The van der Waals surface area contributed by atoms with Crippen LogP contribution in [0.2, 0.25) is 5.02 Å². The van der Waals surface area contributed by atoms with Crippen molar-refractivity contribution in [2.24, 2.45) is 0 Å². The summed E-state index contributed by atoms with van der Waals surface area (Å²) >= 11 is 6.00. The summed E-state index contributed by atoms with van der Waals surface area (Å²) in [6.45, 7) is 0.517. The van der Waals surface area contributed by atoms with Crippen LogP contribution in [0.1, 0.15) is 16.7 Å². The van der Waals surface area contributed by atoms with Crippen molar-refractivity contribution in [3.05, 3.63) is 64.2 Å². The van der Waals surface area contributed by atoms with Gasteiger partial charge in [0.15, 0.2) is 0 Å². The van der Waals surface area contributed by atoms with E-state index in [1.54, 1.807) is 17.0 Å². The first-order valence-electron chi connectivity index (χ1n) is 8.40. The summed E-state index contributed by atoms with van der Waals surface area (Å²) in [5, 5.41) is 11.9. The highest BCUT2D eigenvalue weighted by molar-refractivity contribution is 6.32. The molecule has 2 aromatic rings. The van der Waals surface area contributed by atoms with E-state index in [-0.39, 0.29) is 23.4 Å². The molecule has 0 bridgehead atoms. The minimum Gasteiger partial charge on any atom is -0.468 e. The number of carbonyl (C=O) groups excluding carboxylic acids is 2. The lowest BCUT2D eigenvalue weighted by Crippen LogP contribution is -2.49. The van der Waals surface area contributed by atoms with E-state index < -0.39 is 6.04 Å². The maximum atomic E-state index is 12.5. The van der Waals surface area contributed by atoms with E-state index >= 15 is 0 Å². The van der Waals surface area contributed by atoms with Crippen LogP contribution in [0.3, 0.4) is 0 Å². The lowest BCUT2D eigenvalue weighted by molar-refractivity contribution is -0.148. The maximum Gasteiger partial charge on any atom is 0.323 e. The van der Waals surface area contributed by atoms with E-state index in [0.29, 0.717) is 24.2 Å². The Morgan fingerprint density at radius 1 is 1.30 bits per heavy atom. The van der Waals surface area contributed by atoms with Gasteiger partial charge in [-0.15, -0.1) is 0 Å². The first-order valence-corrected chi connectivity index (χ1v) is 8.77. The minimum atomic E-state index is -0.514. The Kier molecular flexibility index (Phi) is 5.75. The van der Waals surface area contributed by atoms with Gasteiger partial charge in [-0.2, -0.15) is 5.26 Å². The molecule has 0 spiro atoms. The molecule has 0 aromatic heterocycles. The predicted octanol–water partition coefficient (Wildman–Crippen LogP) is 2.75. The molecule has 1 aliphatic heterocycles. The number of methoxy groups -OCH3 is 1. The van der Waals surface area contributed by atoms with Crippen LogP contribution in [0.4, 0.5) is 5.69 Å². The second kappa shape index (κ2) is 8.21. The largest absolute Gasteiger partial charge is 0.468 e. The Morgan fingerprint density at radius 3 is 2.70 bits per heavy atom. The van der Waals surface area contributed by atoms with Crippen molar-refractivity contribution in [1.82, 2.24) is 4.90 Å². The van der Waals surface area contributed by atoms with Crippen molar-refractivity contribution in [3.8, 4) is 6.07 Å². The molecule has 0 radical (unpaired) electrons. The van der Waals surface area contributed by atoms with Gasteiger partial charge < -0.3 is 10.1 Å². The fourth-order valence-corrected chi connectivity index (χ4v) is 3.40. The summed E-state index contributed by atoms with van der Waals surface area (Å²) in [7, 11) is 1.35. The molecule has 27 heavy (non-hydrogen) atoms. The van der Waals surface area contributed by atoms with Gasteiger partial charge in [-0.3, -0.25) is 14.5 Å². The maximum absolute atomic E-state index is 12.5. The van der Waals surface area contributed by atoms with Crippen LogP contribution in [0.15, 0.2) is 42.5 Å². The van der Waals surface area contributed by atoms with Crippen LogP contribution < -0.4 is 5.32 Å². The highest BCUT2D eigenvalue weighted by Gasteiger charge is 2.33. The van der Waals surface area contributed by atoms with Crippen LogP contribution >= 0.6 is 11.6 Å². The quantitative estimate of drug-likeness (QED) is 0.821. The van der Waals surface area contributed by atoms with Crippen molar-refractivity contribution >= 4 is 29.2 Å². The fourth-order valence-electron chi connectivity index (χ4n) is 3.18. The predicted molar refractivity (Wildman–Crippen MR) is 101 cm³/mol. The van der Waals surface area contributed by atoms with Crippen LogP contribution in [0, 0.1) is 11.3 Å². The molecule has 7 heteroatoms. The first kappa shape index (κ1) is 18.9. The number of nitriles is 1. The van der Waals surface area contributed by atoms with Gasteiger partial charge in [0.25, 0.3) is 0 Å². The average Bonchev–Trinajstić information content (AvgIpc) is 2.67. The van der Waals surface area contributed by atoms with Crippen molar-refractivity contribution in [2.75, 3.05) is 19.0 Å². The third kappa shape index (κ3) is 4.27. The van der Waals surface area contributed by atoms with Gasteiger partial charge in [-0.25, -0.2) is 0 Å². The molecule has 0 aliphatic carbocycles. The summed E-state index contributed by atoms with van der Waals surface area (Å²) < 4.78 is 4.92. The minimum absolute atomic E-state index is 0.0335. The van der Waals surface area contributed by atoms with E-state index in [2.05, 4.69) is 5.32 Å². The van der Waals surface area contributed by atoms with Crippen LogP contribution in [-0.2, 0) is 27.3 Å². The Bertz CT molecular complexity index is 923. The Labute approximate surface area is 162 Å². The van der Waals surface area contributed by atoms with Crippen molar-refractivity contribution in [3.63, 3.8) is 0 Å². The Balaban J connectivity index is 1.74. The molecule has 0 fully saturated rings. The number of hydrogen-bond acceptors (Lipinski definition) is 5. The highest BCUT2D eigenvalue weighted by atomic mass is 35.5. The number of esters is 1. The van der Waals surface area contributed by atoms with Gasteiger partial charge in [-0.1, -0.05) is 35.9 Å². The standard InChI is InChI=1S/C20H18ClN3O3/c1-27-20(26)18-8-13-4-2-3-5-15(13)11-24(18)12-19(25)23-16-7-6-14(10-22)17(21)9-16/h2-7,9,18H,8,11-12H2,1H3,(H,23,25)/t18-/m0/s1. The number of rotatable bonds is 4.